The van der Waals surface area contributed by atoms with Crippen molar-refractivity contribution in [3.8, 4) is 0 Å². The molecule has 4 aliphatic rings. The van der Waals surface area contributed by atoms with Gasteiger partial charge in [-0.15, -0.1) is 0 Å². The number of carbonyl (C=O) groups excluding carboxylic acids is 1. The van der Waals surface area contributed by atoms with E-state index in [9.17, 15) is 4.79 Å². The van der Waals surface area contributed by atoms with Gasteiger partial charge in [-0.25, -0.2) is 0 Å². The molecule has 4 rings (SSSR count). The first-order valence-electron chi connectivity index (χ1n) is 9.58. The molecule has 2 saturated carbocycles. The van der Waals surface area contributed by atoms with Gasteiger partial charge in [0.1, 0.15) is 5.78 Å². The average Bonchev–Trinajstić information content (AvgIpc) is 2.77. The van der Waals surface area contributed by atoms with Gasteiger partial charge in [0.25, 0.3) is 0 Å². The third-order valence-corrected chi connectivity index (χ3v) is 8.21. The zero-order valence-corrected chi connectivity index (χ0v) is 14.9. The van der Waals surface area contributed by atoms with Gasteiger partial charge in [0.2, 0.25) is 0 Å². The Hall–Kier alpha value is -0.590. The number of allylic oxidation sites excluding steroid dienone is 2. The topological polar surface area (TPSA) is 17.1 Å². The van der Waals surface area contributed by atoms with Gasteiger partial charge >= 0.3 is 0 Å². The first-order valence-corrected chi connectivity index (χ1v) is 9.58. The molecule has 1 nitrogen and oxygen atoms in total. The smallest absolute Gasteiger partial charge is 0.136 e. The first kappa shape index (κ1) is 15.0. The summed E-state index contributed by atoms with van der Waals surface area (Å²) in [7, 11) is 0. The van der Waals surface area contributed by atoms with Crippen molar-refractivity contribution < 1.29 is 4.79 Å². The van der Waals surface area contributed by atoms with Crippen molar-refractivity contribution in [2.75, 3.05) is 0 Å². The minimum absolute atomic E-state index is 0.301. The number of Topliss-reactive ketones (excluding diaryl/α,β-unsaturated/α-hetero) is 1. The summed E-state index contributed by atoms with van der Waals surface area (Å²) in [4.78, 5) is 12.2. The highest BCUT2D eigenvalue weighted by molar-refractivity contribution is 5.82. The monoisotopic (exact) mass is 300 g/mol. The summed E-state index contributed by atoms with van der Waals surface area (Å²) in [5, 5.41) is 0. The van der Waals surface area contributed by atoms with Gasteiger partial charge < -0.3 is 0 Å². The summed E-state index contributed by atoms with van der Waals surface area (Å²) in [5.41, 5.74) is 4.59. The van der Waals surface area contributed by atoms with Gasteiger partial charge in [0, 0.05) is 12.3 Å². The van der Waals surface area contributed by atoms with E-state index in [4.69, 9.17) is 0 Å². The minimum Gasteiger partial charge on any atom is -0.299 e. The van der Waals surface area contributed by atoms with Gasteiger partial charge in [-0.2, -0.15) is 0 Å². The molecular weight excluding hydrogens is 268 g/mol. The van der Waals surface area contributed by atoms with Crippen molar-refractivity contribution in [3.05, 3.63) is 11.1 Å². The molecule has 0 aromatic rings. The lowest BCUT2D eigenvalue weighted by molar-refractivity contribution is -0.136. The fraction of sp³-hybridized carbons (Fsp3) is 0.857. The predicted octanol–water partition coefficient (Wildman–Crippen LogP) is 5.54. The Labute approximate surface area is 135 Å². The lowest BCUT2D eigenvalue weighted by Gasteiger charge is -2.57. The van der Waals surface area contributed by atoms with Crippen LogP contribution in [0.1, 0.15) is 79.1 Å². The number of rotatable bonds is 0. The molecule has 0 amide bonds. The summed E-state index contributed by atoms with van der Waals surface area (Å²) in [6.07, 6.45) is 10.2. The minimum atomic E-state index is 0.301. The molecule has 2 fully saturated rings. The van der Waals surface area contributed by atoms with Gasteiger partial charge in [0.15, 0.2) is 0 Å². The molecule has 0 aromatic heterocycles. The standard InChI is InChI=1S/C21H32O/c1-13-12-21(4)14(11-19(13)22)5-6-15-16-9-10-20(2,3)17(16)7-8-18(15)21/h13-15,18H,5-12H2,1-4H3. The molecule has 1 heteroatoms. The third kappa shape index (κ3) is 1.93. The fourth-order valence-electron chi connectivity index (χ4n) is 6.88. The molecule has 0 heterocycles. The lowest BCUT2D eigenvalue weighted by Crippen LogP contribution is -2.50. The molecule has 0 aromatic carbocycles. The summed E-state index contributed by atoms with van der Waals surface area (Å²) in [6, 6.07) is 0. The maximum absolute atomic E-state index is 12.2. The van der Waals surface area contributed by atoms with E-state index in [0.717, 1.165) is 24.7 Å². The van der Waals surface area contributed by atoms with Crippen LogP contribution in [-0.4, -0.2) is 5.78 Å². The molecule has 0 radical (unpaired) electrons. The average molecular weight is 300 g/mol. The Kier molecular flexibility index (Phi) is 3.20. The van der Waals surface area contributed by atoms with Crippen LogP contribution in [0.2, 0.25) is 0 Å². The Bertz CT molecular complexity index is 540. The summed E-state index contributed by atoms with van der Waals surface area (Å²) < 4.78 is 0. The maximum Gasteiger partial charge on any atom is 0.136 e. The SMILES string of the molecule is CC1CC2(C)C(CCC3C4=C(CCC32)C(C)(C)CC4)CC1=O. The van der Waals surface area contributed by atoms with Crippen molar-refractivity contribution in [2.45, 2.75) is 79.1 Å². The van der Waals surface area contributed by atoms with Crippen LogP contribution < -0.4 is 0 Å². The summed E-state index contributed by atoms with van der Waals surface area (Å²) >= 11 is 0. The summed E-state index contributed by atoms with van der Waals surface area (Å²) in [6.45, 7) is 9.65. The number of hydrogen-bond donors (Lipinski definition) is 0. The van der Waals surface area contributed by atoms with E-state index in [0.29, 0.717) is 28.4 Å². The van der Waals surface area contributed by atoms with Gasteiger partial charge in [-0.05, 0) is 73.5 Å². The van der Waals surface area contributed by atoms with E-state index in [1.807, 2.05) is 11.1 Å². The molecular formula is C21H32O. The zero-order valence-electron chi connectivity index (χ0n) is 14.9. The van der Waals surface area contributed by atoms with Crippen molar-refractivity contribution in [1.82, 2.24) is 0 Å². The third-order valence-electron chi connectivity index (χ3n) is 8.21. The highest BCUT2D eigenvalue weighted by Crippen LogP contribution is 2.63. The second-order valence-electron chi connectivity index (χ2n) is 9.70. The molecule has 5 unspecified atom stereocenters. The summed E-state index contributed by atoms with van der Waals surface area (Å²) in [5.74, 6) is 3.23. The van der Waals surface area contributed by atoms with Crippen LogP contribution in [0.15, 0.2) is 11.1 Å². The Morgan fingerprint density at radius 3 is 2.59 bits per heavy atom. The molecule has 4 aliphatic carbocycles. The van der Waals surface area contributed by atoms with E-state index >= 15 is 0 Å². The molecule has 0 spiro atoms. The van der Waals surface area contributed by atoms with E-state index in [1.165, 1.54) is 38.5 Å². The zero-order chi connectivity index (χ0) is 15.7. The van der Waals surface area contributed by atoms with Crippen LogP contribution in [0.5, 0.6) is 0 Å². The Morgan fingerprint density at radius 2 is 1.82 bits per heavy atom. The van der Waals surface area contributed by atoms with Crippen molar-refractivity contribution >= 4 is 5.78 Å². The highest BCUT2D eigenvalue weighted by atomic mass is 16.1. The normalized spacial score (nSPS) is 47.0. The number of carbonyl (C=O) groups is 1. The molecule has 0 saturated heterocycles. The van der Waals surface area contributed by atoms with Gasteiger partial charge in [0.05, 0.1) is 0 Å². The van der Waals surface area contributed by atoms with Gasteiger partial charge in [-0.1, -0.05) is 38.8 Å². The van der Waals surface area contributed by atoms with E-state index in [1.54, 1.807) is 0 Å². The molecule has 0 aliphatic heterocycles. The molecule has 22 heavy (non-hydrogen) atoms. The highest BCUT2D eigenvalue weighted by Gasteiger charge is 2.55. The second kappa shape index (κ2) is 4.71. The predicted molar refractivity (Wildman–Crippen MR) is 90.5 cm³/mol. The maximum atomic E-state index is 12.2. The van der Waals surface area contributed by atoms with Crippen molar-refractivity contribution in [1.29, 1.82) is 0 Å². The van der Waals surface area contributed by atoms with E-state index < -0.39 is 0 Å². The van der Waals surface area contributed by atoms with Crippen molar-refractivity contribution in [3.63, 3.8) is 0 Å². The molecule has 5 atom stereocenters. The number of fused-ring (bicyclic) bond motifs is 4. The van der Waals surface area contributed by atoms with Crippen LogP contribution in [0.25, 0.3) is 0 Å². The van der Waals surface area contributed by atoms with Gasteiger partial charge in [-0.3, -0.25) is 4.79 Å². The number of ketones is 1. The van der Waals surface area contributed by atoms with Crippen LogP contribution in [0.3, 0.4) is 0 Å². The Morgan fingerprint density at radius 1 is 1.05 bits per heavy atom. The molecule has 0 N–H and O–H groups in total. The molecule has 122 valence electrons. The Balaban J connectivity index is 1.68. The van der Waals surface area contributed by atoms with Crippen LogP contribution in [0, 0.1) is 34.5 Å². The fourth-order valence-corrected chi connectivity index (χ4v) is 6.88. The van der Waals surface area contributed by atoms with Crippen LogP contribution in [-0.2, 0) is 4.79 Å². The van der Waals surface area contributed by atoms with E-state index in [-0.39, 0.29) is 0 Å². The largest absolute Gasteiger partial charge is 0.299 e. The first-order chi connectivity index (χ1) is 10.3. The number of hydrogen-bond acceptors (Lipinski definition) is 1. The quantitative estimate of drug-likeness (QED) is 0.536. The lowest BCUT2D eigenvalue weighted by atomic mass is 9.48. The molecule has 0 bridgehead atoms. The van der Waals surface area contributed by atoms with Crippen LogP contribution >= 0.6 is 0 Å². The van der Waals surface area contributed by atoms with Crippen LogP contribution in [0.4, 0.5) is 0 Å². The van der Waals surface area contributed by atoms with E-state index in [2.05, 4.69) is 27.7 Å². The van der Waals surface area contributed by atoms with Crippen molar-refractivity contribution in [2.24, 2.45) is 34.5 Å². The second-order valence-corrected chi connectivity index (χ2v) is 9.70.